The van der Waals surface area contributed by atoms with Crippen molar-refractivity contribution in [1.82, 2.24) is 9.88 Å². The topological polar surface area (TPSA) is 42.4 Å². The van der Waals surface area contributed by atoms with Gasteiger partial charge in [0.2, 0.25) is 0 Å². The van der Waals surface area contributed by atoms with E-state index in [1.165, 1.54) is 5.01 Å². The number of carbonyl (C=O) groups is 1. The molecule has 1 aliphatic rings. The second-order valence-electron chi connectivity index (χ2n) is 5.62. The average molecular weight is 316 g/mol. The van der Waals surface area contributed by atoms with Gasteiger partial charge in [-0.1, -0.05) is 0 Å². The molecule has 5 heteroatoms. The minimum Gasteiger partial charge on any atom is -0.497 e. The number of benzene rings is 1. The molecule has 0 radical (unpaired) electrons. The van der Waals surface area contributed by atoms with Crippen LogP contribution < -0.4 is 4.74 Å². The van der Waals surface area contributed by atoms with Crippen LogP contribution in [0, 0.1) is 6.92 Å². The van der Waals surface area contributed by atoms with E-state index in [0.717, 1.165) is 42.9 Å². The number of piperidine rings is 1. The van der Waals surface area contributed by atoms with Crippen LogP contribution in [0.4, 0.5) is 0 Å². The standard InChI is InChI=1S/C17H20N2O2S/c1-12-11-22-16(18-12)13-7-9-19(10-8-13)17(20)14-3-5-15(21-2)6-4-14/h3-6,11,13H,7-10H2,1-2H3. The van der Waals surface area contributed by atoms with Crippen LogP contribution in [0.3, 0.4) is 0 Å². The summed E-state index contributed by atoms with van der Waals surface area (Å²) in [5, 5.41) is 3.32. The van der Waals surface area contributed by atoms with E-state index in [2.05, 4.69) is 10.4 Å². The lowest BCUT2D eigenvalue weighted by Gasteiger charge is -2.31. The number of methoxy groups -OCH3 is 1. The normalized spacial score (nSPS) is 15.8. The van der Waals surface area contributed by atoms with Gasteiger partial charge in [0.15, 0.2) is 0 Å². The van der Waals surface area contributed by atoms with E-state index >= 15 is 0 Å². The van der Waals surface area contributed by atoms with Crippen molar-refractivity contribution in [1.29, 1.82) is 0 Å². The zero-order chi connectivity index (χ0) is 15.5. The van der Waals surface area contributed by atoms with Crippen LogP contribution in [-0.4, -0.2) is 36.0 Å². The third-order valence-corrected chi connectivity index (χ3v) is 5.23. The van der Waals surface area contributed by atoms with Gasteiger partial charge in [0.05, 0.1) is 12.1 Å². The Kier molecular flexibility index (Phi) is 4.43. The first-order valence-corrected chi connectivity index (χ1v) is 8.40. The second-order valence-corrected chi connectivity index (χ2v) is 6.51. The predicted molar refractivity (Wildman–Crippen MR) is 87.7 cm³/mol. The van der Waals surface area contributed by atoms with Crippen molar-refractivity contribution in [2.24, 2.45) is 0 Å². The molecule has 2 heterocycles. The number of likely N-dealkylation sites (tertiary alicyclic amines) is 1. The van der Waals surface area contributed by atoms with E-state index in [4.69, 9.17) is 4.74 Å². The van der Waals surface area contributed by atoms with Gasteiger partial charge < -0.3 is 9.64 Å². The highest BCUT2D eigenvalue weighted by molar-refractivity contribution is 7.09. The molecule has 0 aliphatic carbocycles. The summed E-state index contributed by atoms with van der Waals surface area (Å²) in [7, 11) is 1.63. The maximum Gasteiger partial charge on any atom is 0.253 e. The highest BCUT2D eigenvalue weighted by Crippen LogP contribution is 2.30. The van der Waals surface area contributed by atoms with E-state index in [1.807, 2.05) is 36.1 Å². The number of hydrogen-bond acceptors (Lipinski definition) is 4. The molecule has 0 atom stereocenters. The van der Waals surface area contributed by atoms with Crippen LogP contribution in [0.15, 0.2) is 29.6 Å². The van der Waals surface area contributed by atoms with Crippen LogP contribution >= 0.6 is 11.3 Å². The zero-order valence-corrected chi connectivity index (χ0v) is 13.7. The highest BCUT2D eigenvalue weighted by atomic mass is 32.1. The molecule has 1 fully saturated rings. The Hall–Kier alpha value is -1.88. The Balaban J connectivity index is 1.61. The van der Waals surface area contributed by atoms with Crippen molar-refractivity contribution in [2.75, 3.05) is 20.2 Å². The van der Waals surface area contributed by atoms with Gasteiger partial charge in [0.25, 0.3) is 5.91 Å². The zero-order valence-electron chi connectivity index (χ0n) is 12.9. The molecule has 1 aromatic carbocycles. The van der Waals surface area contributed by atoms with Crippen molar-refractivity contribution in [2.45, 2.75) is 25.7 Å². The summed E-state index contributed by atoms with van der Waals surface area (Å²) >= 11 is 1.74. The fourth-order valence-electron chi connectivity index (χ4n) is 2.81. The van der Waals surface area contributed by atoms with E-state index in [0.29, 0.717) is 5.92 Å². The first-order chi connectivity index (χ1) is 10.7. The van der Waals surface area contributed by atoms with Gasteiger partial charge in [-0.25, -0.2) is 4.98 Å². The van der Waals surface area contributed by atoms with Crippen molar-refractivity contribution in [3.05, 3.63) is 45.9 Å². The molecule has 0 N–H and O–H groups in total. The number of nitrogens with zero attached hydrogens (tertiary/aromatic N) is 2. The molecular formula is C17H20N2O2S. The smallest absolute Gasteiger partial charge is 0.253 e. The summed E-state index contributed by atoms with van der Waals surface area (Å²) in [5.74, 6) is 1.38. The number of ether oxygens (including phenoxy) is 1. The number of aromatic nitrogens is 1. The third kappa shape index (κ3) is 3.14. The summed E-state index contributed by atoms with van der Waals surface area (Å²) in [6.07, 6.45) is 1.99. The maximum absolute atomic E-state index is 12.5. The first-order valence-electron chi connectivity index (χ1n) is 7.52. The first kappa shape index (κ1) is 15.0. The van der Waals surface area contributed by atoms with Crippen LogP contribution in [0.25, 0.3) is 0 Å². The number of aryl methyl sites for hydroxylation is 1. The summed E-state index contributed by atoms with van der Waals surface area (Å²) in [5.41, 5.74) is 1.82. The van der Waals surface area contributed by atoms with Crippen LogP contribution in [0.1, 0.15) is 39.8 Å². The monoisotopic (exact) mass is 316 g/mol. The molecule has 0 unspecified atom stereocenters. The van der Waals surface area contributed by atoms with Crippen molar-refractivity contribution >= 4 is 17.2 Å². The minimum atomic E-state index is 0.108. The number of thiazole rings is 1. The van der Waals surface area contributed by atoms with E-state index in [9.17, 15) is 4.79 Å². The fourth-order valence-corrected chi connectivity index (χ4v) is 3.77. The second kappa shape index (κ2) is 6.48. The molecule has 1 amide bonds. The molecule has 1 aromatic heterocycles. The van der Waals surface area contributed by atoms with Gasteiger partial charge in [-0.2, -0.15) is 0 Å². The SMILES string of the molecule is COc1ccc(C(=O)N2CCC(c3nc(C)cs3)CC2)cc1. The summed E-state index contributed by atoms with van der Waals surface area (Å²) in [4.78, 5) is 19.0. The fraction of sp³-hybridized carbons (Fsp3) is 0.412. The van der Waals surface area contributed by atoms with E-state index < -0.39 is 0 Å². The van der Waals surface area contributed by atoms with Crippen LogP contribution in [0.5, 0.6) is 5.75 Å². The van der Waals surface area contributed by atoms with Gasteiger partial charge in [-0.3, -0.25) is 4.79 Å². The Morgan fingerprint density at radius 1 is 1.27 bits per heavy atom. The Labute approximate surface area is 134 Å². The van der Waals surface area contributed by atoms with Gasteiger partial charge in [-0.15, -0.1) is 11.3 Å². The molecule has 0 saturated carbocycles. The van der Waals surface area contributed by atoms with Gasteiger partial charge in [-0.05, 0) is 44.0 Å². The van der Waals surface area contributed by atoms with Crippen molar-refractivity contribution in [3.63, 3.8) is 0 Å². The highest BCUT2D eigenvalue weighted by Gasteiger charge is 2.26. The van der Waals surface area contributed by atoms with E-state index in [1.54, 1.807) is 18.4 Å². The van der Waals surface area contributed by atoms with Gasteiger partial charge >= 0.3 is 0 Å². The van der Waals surface area contributed by atoms with Crippen molar-refractivity contribution < 1.29 is 9.53 Å². The quantitative estimate of drug-likeness (QED) is 0.870. The molecule has 4 nitrogen and oxygen atoms in total. The summed E-state index contributed by atoms with van der Waals surface area (Å²) < 4.78 is 5.13. The van der Waals surface area contributed by atoms with Crippen LogP contribution in [0.2, 0.25) is 0 Å². The molecule has 1 saturated heterocycles. The number of hydrogen-bond donors (Lipinski definition) is 0. The lowest BCUT2D eigenvalue weighted by molar-refractivity contribution is 0.0713. The van der Waals surface area contributed by atoms with Gasteiger partial charge in [0, 0.05) is 35.6 Å². The molecule has 22 heavy (non-hydrogen) atoms. The maximum atomic E-state index is 12.5. The predicted octanol–water partition coefficient (Wildman–Crippen LogP) is 3.48. The molecule has 3 rings (SSSR count). The van der Waals surface area contributed by atoms with Crippen LogP contribution in [-0.2, 0) is 0 Å². The molecule has 2 aromatic rings. The van der Waals surface area contributed by atoms with E-state index in [-0.39, 0.29) is 5.91 Å². The number of carbonyl (C=O) groups excluding carboxylic acids is 1. The number of amides is 1. The summed E-state index contributed by atoms with van der Waals surface area (Å²) in [6, 6.07) is 7.32. The molecule has 0 spiro atoms. The average Bonchev–Trinajstić information content (AvgIpc) is 3.01. The lowest BCUT2D eigenvalue weighted by atomic mass is 9.97. The largest absolute Gasteiger partial charge is 0.497 e. The summed E-state index contributed by atoms with van der Waals surface area (Å²) in [6.45, 7) is 3.63. The molecule has 0 bridgehead atoms. The Bertz CT molecular complexity index is 643. The van der Waals surface area contributed by atoms with Gasteiger partial charge in [0.1, 0.15) is 5.75 Å². The molecule has 1 aliphatic heterocycles. The molecular weight excluding hydrogens is 296 g/mol. The third-order valence-electron chi connectivity index (χ3n) is 4.11. The van der Waals surface area contributed by atoms with Crippen molar-refractivity contribution in [3.8, 4) is 5.75 Å². The molecule has 116 valence electrons. The lowest BCUT2D eigenvalue weighted by Crippen LogP contribution is -2.37. The minimum absolute atomic E-state index is 0.108. The Morgan fingerprint density at radius 2 is 1.95 bits per heavy atom. The number of rotatable bonds is 3. The Morgan fingerprint density at radius 3 is 2.50 bits per heavy atom.